The molecule has 0 amide bonds. The Morgan fingerprint density at radius 2 is 2.05 bits per heavy atom. The third kappa shape index (κ3) is 4.38. The molecule has 0 aliphatic rings. The van der Waals surface area contributed by atoms with Gasteiger partial charge in [-0.25, -0.2) is 0 Å². The van der Waals surface area contributed by atoms with Crippen molar-refractivity contribution in [3.05, 3.63) is 47.8 Å². The molecule has 4 heteroatoms. The first-order valence-electron chi connectivity index (χ1n) is 7.19. The number of aryl methyl sites for hydroxylation is 2. The standard InChI is InChI=1S/C16H23N3O/c1-3-16-14(13-19(2)18-16)12-17-10-7-11-20-15-8-5-4-6-9-15/h4-6,8-9,13,17H,3,7,10-12H2,1-2H3. The molecular formula is C16H23N3O. The molecule has 2 rings (SSSR count). The Bertz CT molecular complexity index is 508. The van der Waals surface area contributed by atoms with Gasteiger partial charge in [-0.2, -0.15) is 5.10 Å². The molecule has 0 spiro atoms. The fraction of sp³-hybridized carbons (Fsp3) is 0.438. The summed E-state index contributed by atoms with van der Waals surface area (Å²) >= 11 is 0. The Labute approximate surface area is 120 Å². The molecule has 0 aliphatic heterocycles. The normalized spacial score (nSPS) is 10.7. The van der Waals surface area contributed by atoms with Gasteiger partial charge in [0.25, 0.3) is 0 Å². The van der Waals surface area contributed by atoms with Gasteiger partial charge in [-0.15, -0.1) is 0 Å². The van der Waals surface area contributed by atoms with Crippen LogP contribution in [0.2, 0.25) is 0 Å². The molecule has 1 N–H and O–H groups in total. The van der Waals surface area contributed by atoms with Crippen molar-refractivity contribution in [2.75, 3.05) is 13.2 Å². The predicted molar refractivity (Wildman–Crippen MR) is 80.8 cm³/mol. The SMILES string of the molecule is CCc1nn(C)cc1CNCCCOc1ccccc1. The van der Waals surface area contributed by atoms with Crippen molar-refractivity contribution in [2.24, 2.45) is 7.05 Å². The lowest BCUT2D eigenvalue weighted by molar-refractivity contribution is 0.308. The van der Waals surface area contributed by atoms with Crippen LogP contribution in [0.4, 0.5) is 0 Å². The van der Waals surface area contributed by atoms with Gasteiger partial charge in [0.1, 0.15) is 5.75 Å². The zero-order chi connectivity index (χ0) is 14.2. The van der Waals surface area contributed by atoms with Crippen molar-refractivity contribution in [1.29, 1.82) is 0 Å². The molecule has 1 heterocycles. The Kier molecular flexibility index (Phi) is 5.62. The number of nitrogens with zero attached hydrogens (tertiary/aromatic N) is 2. The molecule has 20 heavy (non-hydrogen) atoms. The van der Waals surface area contributed by atoms with Crippen molar-refractivity contribution < 1.29 is 4.74 Å². The van der Waals surface area contributed by atoms with Gasteiger partial charge < -0.3 is 10.1 Å². The number of benzene rings is 1. The van der Waals surface area contributed by atoms with Crippen LogP contribution >= 0.6 is 0 Å². The maximum Gasteiger partial charge on any atom is 0.119 e. The summed E-state index contributed by atoms with van der Waals surface area (Å²) < 4.78 is 7.53. The fourth-order valence-electron chi connectivity index (χ4n) is 2.16. The summed E-state index contributed by atoms with van der Waals surface area (Å²) in [6, 6.07) is 9.94. The van der Waals surface area contributed by atoms with E-state index in [1.165, 1.54) is 11.3 Å². The third-order valence-corrected chi connectivity index (χ3v) is 3.15. The van der Waals surface area contributed by atoms with Crippen LogP contribution in [0.5, 0.6) is 5.75 Å². The quantitative estimate of drug-likeness (QED) is 0.751. The van der Waals surface area contributed by atoms with Crippen LogP contribution in [0.25, 0.3) is 0 Å². The number of para-hydroxylation sites is 1. The number of ether oxygens (including phenoxy) is 1. The van der Waals surface area contributed by atoms with Crippen molar-refractivity contribution in [3.63, 3.8) is 0 Å². The molecule has 0 saturated carbocycles. The summed E-state index contributed by atoms with van der Waals surface area (Å²) in [7, 11) is 1.97. The minimum absolute atomic E-state index is 0.741. The number of nitrogens with one attached hydrogen (secondary N) is 1. The molecule has 0 atom stereocenters. The first-order valence-corrected chi connectivity index (χ1v) is 7.19. The number of rotatable bonds is 8. The van der Waals surface area contributed by atoms with Crippen molar-refractivity contribution in [1.82, 2.24) is 15.1 Å². The average Bonchev–Trinajstić information content (AvgIpc) is 2.84. The van der Waals surface area contributed by atoms with Crippen LogP contribution in [0.3, 0.4) is 0 Å². The van der Waals surface area contributed by atoms with Crippen molar-refractivity contribution in [3.8, 4) is 5.75 Å². The van der Waals surface area contributed by atoms with E-state index in [4.69, 9.17) is 4.74 Å². The van der Waals surface area contributed by atoms with E-state index in [1.54, 1.807) is 0 Å². The van der Waals surface area contributed by atoms with Crippen LogP contribution in [0, 0.1) is 0 Å². The lowest BCUT2D eigenvalue weighted by Gasteiger charge is -2.07. The van der Waals surface area contributed by atoms with E-state index in [9.17, 15) is 0 Å². The maximum atomic E-state index is 5.65. The van der Waals surface area contributed by atoms with Crippen molar-refractivity contribution in [2.45, 2.75) is 26.3 Å². The number of aromatic nitrogens is 2. The Morgan fingerprint density at radius 3 is 2.80 bits per heavy atom. The smallest absolute Gasteiger partial charge is 0.119 e. The first kappa shape index (κ1) is 14.6. The predicted octanol–water partition coefficient (Wildman–Crippen LogP) is 2.54. The van der Waals surface area contributed by atoms with E-state index in [0.717, 1.165) is 38.3 Å². The van der Waals surface area contributed by atoms with Crippen LogP contribution in [0.1, 0.15) is 24.6 Å². The minimum Gasteiger partial charge on any atom is -0.494 e. The summed E-state index contributed by atoms with van der Waals surface area (Å²) in [5, 5.41) is 7.88. The Hall–Kier alpha value is -1.81. The highest BCUT2D eigenvalue weighted by Gasteiger charge is 2.04. The zero-order valence-corrected chi connectivity index (χ0v) is 12.3. The number of hydrogen-bond donors (Lipinski definition) is 1. The molecule has 0 bridgehead atoms. The monoisotopic (exact) mass is 273 g/mol. The molecule has 4 nitrogen and oxygen atoms in total. The summed E-state index contributed by atoms with van der Waals surface area (Å²) in [6.07, 6.45) is 4.07. The Morgan fingerprint density at radius 1 is 1.25 bits per heavy atom. The van der Waals surface area contributed by atoms with Crippen LogP contribution < -0.4 is 10.1 Å². The zero-order valence-electron chi connectivity index (χ0n) is 12.3. The molecular weight excluding hydrogens is 250 g/mol. The second-order valence-electron chi connectivity index (χ2n) is 4.82. The van der Waals surface area contributed by atoms with Gasteiger partial charge in [0, 0.05) is 25.4 Å². The summed E-state index contributed by atoms with van der Waals surface area (Å²) in [5.74, 6) is 0.938. The third-order valence-electron chi connectivity index (χ3n) is 3.15. The molecule has 0 fully saturated rings. The van der Waals surface area contributed by atoms with E-state index < -0.39 is 0 Å². The van der Waals surface area contributed by atoms with Gasteiger partial charge in [0.15, 0.2) is 0 Å². The average molecular weight is 273 g/mol. The van der Waals surface area contributed by atoms with Crippen LogP contribution in [0.15, 0.2) is 36.5 Å². The van der Waals surface area contributed by atoms with Crippen molar-refractivity contribution >= 4 is 0 Å². The Balaban J connectivity index is 1.62. The molecule has 108 valence electrons. The maximum absolute atomic E-state index is 5.65. The lowest BCUT2D eigenvalue weighted by atomic mass is 10.2. The topological polar surface area (TPSA) is 39.1 Å². The number of hydrogen-bond acceptors (Lipinski definition) is 3. The molecule has 0 aliphatic carbocycles. The van der Waals surface area contributed by atoms with Gasteiger partial charge >= 0.3 is 0 Å². The highest BCUT2D eigenvalue weighted by Crippen LogP contribution is 2.08. The highest BCUT2D eigenvalue weighted by atomic mass is 16.5. The van der Waals surface area contributed by atoms with Crippen LogP contribution in [-0.4, -0.2) is 22.9 Å². The van der Waals surface area contributed by atoms with Gasteiger partial charge in [0.05, 0.1) is 12.3 Å². The van der Waals surface area contributed by atoms with E-state index in [2.05, 4.69) is 23.5 Å². The second-order valence-corrected chi connectivity index (χ2v) is 4.82. The van der Waals surface area contributed by atoms with Gasteiger partial charge in [-0.05, 0) is 31.5 Å². The van der Waals surface area contributed by atoms with Gasteiger partial charge in [-0.1, -0.05) is 25.1 Å². The first-order chi connectivity index (χ1) is 9.79. The minimum atomic E-state index is 0.741. The summed E-state index contributed by atoms with van der Waals surface area (Å²) in [5.41, 5.74) is 2.47. The van der Waals surface area contributed by atoms with Crippen LogP contribution in [-0.2, 0) is 20.0 Å². The molecule has 2 aromatic rings. The van der Waals surface area contributed by atoms with E-state index >= 15 is 0 Å². The largest absolute Gasteiger partial charge is 0.494 e. The molecule has 0 unspecified atom stereocenters. The van der Waals surface area contributed by atoms with Gasteiger partial charge in [0.2, 0.25) is 0 Å². The molecule has 0 radical (unpaired) electrons. The summed E-state index contributed by atoms with van der Waals surface area (Å²) in [6.45, 7) is 4.71. The van der Waals surface area contributed by atoms with Gasteiger partial charge in [-0.3, -0.25) is 4.68 Å². The van der Waals surface area contributed by atoms with E-state index in [0.29, 0.717) is 0 Å². The second kappa shape index (κ2) is 7.70. The summed E-state index contributed by atoms with van der Waals surface area (Å²) in [4.78, 5) is 0. The van der Waals surface area contributed by atoms with E-state index in [-0.39, 0.29) is 0 Å². The highest BCUT2D eigenvalue weighted by molar-refractivity contribution is 5.20. The molecule has 0 saturated heterocycles. The fourth-order valence-corrected chi connectivity index (χ4v) is 2.16. The molecule has 1 aromatic carbocycles. The lowest BCUT2D eigenvalue weighted by Crippen LogP contribution is -2.17. The van der Waals surface area contributed by atoms with E-state index in [1.807, 2.05) is 42.1 Å². The molecule has 1 aromatic heterocycles.